The Balaban J connectivity index is 2.32. The van der Waals surface area contributed by atoms with Crippen molar-refractivity contribution < 1.29 is 4.79 Å². The van der Waals surface area contributed by atoms with Gasteiger partial charge in [-0.15, -0.1) is 0 Å². The summed E-state index contributed by atoms with van der Waals surface area (Å²) in [5, 5.41) is 10.2. The van der Waals surface area contributed by atoms with E-state index in [1.807, 2.05) is 6.92 Å². The van der Waals surface area contributed by atoms with E-state index in [0.717, 1.165) is 16.5 Å². The monoisotopic (exact) mass is 230 g/mol. The van der Waals surface area contributed by atoms with E-state index >= 15 is 0 Å². The van der Waals surface area contributed by atoms with Crippen LogP contribution in [-0.4, -0.2) is 22.6 Å². The zero-order chi connectivity index (χ0) is 12.4. The van der Waals surface area contributed by atoms with Crippen LogP contribution in [0.3, 0.4) is 0 Å². The van der Waals surface area contributed by atoms with Gasteiger partial charge in [-0.3, -0.25) is 9.89 Å². The zero-order valence-corrected chi connectivity index (χ0v) is 9.58. The number of rotatable bonds is 3. The van der Waals surface area contributed by atoms with Gasteiger partial charge in [-0.25, -0.2) is 0 Å². The van der Waals surface area contributed by atoms with Crippen molar-refractivity contribution in [3.05, 3.63) is 36.0 Å². The maximum atomic E-state index is 11.9. The van der Waals surface area contributed by atoms with Gasteiger partial charge < -0.3 is 11.1 Å². The van der Waals surface area contributed by atoms with Crippen LogP contribution in [-0.2, 0) is 0 Å². The zero-order valence-electron chi connectivity index (χ0n) is 9.58. The van der Waals surface area contributed by atoms with Crippen molar-refractivity contribution in [3.63, 3.8) is 0 Å². The molecular weight excluding hydrogens is 216 g/mol. The van der Waals surface area contributed by atoms with Crippen molar-refractivity contribution in [2.24, 2.45) is 0 Å². The van der Waals surface area contributed by atoms with E-state index in [1.54, 1.807) is 18.2 Å². The number of hydrogen-bond acceptors (Lipinski definition) is 3. The summed E-state index contributed by atoms with van der Waals surface area (Å²) >= 11 is 0. The lowest BCUT2D eigenvalue weighted by Gasteiger charge is -2.02. The lowest BCUT2D eigenvalue weighted by molar-refractivity contribution is 0.0953. The largest absolute Gasteiger partial charge is 0.399 e. The minimum Gasteiger partial charge on any atom is -0.399 e. The van der Waals surface area contributed by atoms with Gasteiger partial charge in [0.05, 0.1) is 5.52 Å². The first-order chi connectivity index (χ1) is 8.08. The molecule has 0 bridgehead atoms. The molecule has 1 heterocycles. The molecule has 0 atom stereocenters. The normalized spacial score (nSPS) is 10.4. The van der Waals surface area contributed by atoms with Crippen LogP contribution in [0.4, 0.5) is 5.69 Å². The van der Waals surface area contributed by atoms with Crippen molar-refractivity contribution in [1.82, 2.24) is 15.5 Å². The first kappa shape index (κ1) is 11.2. The molecular formula is C12H14N4O. The number of aromatic nitrogens is 2. The highest BCUT2D eigenvalue weighted by Crippen LogP contribution is 2.18. The summed E-state index contributed by atoms with van der Waals surface area (Å²) in [6, 6.07) is 5.29. The van der Waals surface area contributed by atoms with Crippen LogP contribution >= 0.6 is 0 Å². The molecule has 0 aliphatic carbocycles. The Hall–Kier alpha value is -2.30. The molecule has 0 spiro atoms. The predicted octanol–water partition coefficient (Wildman–Crippen LogP) is 1.45. The molecule has 0 saturated carbocycles. The average molecular weight is 230 g/mol. The summed E-state index contributed by atoms with van der Waals surface area (Å²) in [6.45, 7) is 6.01. The van der Waals surface area contributed by atoms with Crippen LogP contribution in [0.1, 0.15) is 17.4 Å². The molecule has 2 rings (SSSR count). The van der Waals surface area contributed by atoms with Crippen molar-refractivity contribution in [2.75, 3.05) is 12.3 Å². The Labute approximate surface area is 98.7 Å². The lowest BCUT2D eigenvalue weighted by atomic mass is 10.2. The molecule has 5 heteroatoms. The second-order valence-corrected chi connectivity index (χ2v) is 4.02. The van der Waals surface area contributed by atoms with E-state index < -0.39 is 0 Å². The molecule has 5 nitrogen and oxygen atoms in total. The van der Waals surface area contributed by atoms with Crippen LogP contribution < -0.4 is 11.1 Å². The fraction of sp³-hybridized carbons (Fsp3) is 0.167. The number of hydrogen-bond donors (Lipinski definition) is 3. The molecule has 17 heavy (non-hydrogen) atoms. The van der Waals surface area contributed by atoms with Crippen LogP contribution in [0.2, 0.25) is 0 Å². The van der Waals surface area contributed by atoms with Crippen LogP contribution in [0.5, 0.6) is 0 Å². The summed E-state index contributed by atoms with van der Waals surface area (Å²) in [5.74, 6) is -0.232. The van der Waals surface area contributed by atoms with Gasteiger partial charge in [0.1, 0.15) is 0 Å². The molecule has 0 aliphatic heterocycles. The number of benzene rings is 1. The Kier molecular flexibility index (Phi) is 2.82. The van der Waals surface area contributed by atoms with Crippen molar-refractivity contribution in [2.45, 2.75) is 6.92 Å². The van der Waals surface area contributed by atoms with Crippen molar-refractivity contribution in [1.29, 1.82) is 0 Å². The molecule has 0 radical (unpaired) electrons. The number of nitrogens with two attached hydrogens (primary N) is 1. The summed E-state index contributed by atoms with van der Waals surface area (Å²) < 4.78 is 0. The predicted molar refractivity (Wildman–Crippen MR) is 67.7 cm³/mol. The number of nitrogen functional groups attached to an aromatic ring is 1. The average Bonchev–Trinajstić information content (AvgIpc) is 2.68. The van der Waals surface area contributed by atoms with E-state index in [-0.39, 0.29) is 5.91 Å². The smallest absolute Gasteiger partial charge is 0.272 e. The minimum absolute atomic E-state index is 0.232. The van der Waals surface area contributed by atoms with Gasteiger partial charge in [0.2, 0.25) is 0 Å². The van der Waals surface area contributed by atoms with Gasteiger partial charge in [-0.2, -0.15) is 5.10 Å². The molecule has 0 aliphatic rings. The van der Waals surface area contributed by atoms with Gasteiger partial charge in [-0.05, 0) is 25.1 Å². The number of carbonyl (C=O) groups excluding carboxylic acids is 1. The first-order valence-corrected chi connectivity index (χ1v) is 5.24. The van der Waals surface area contributed by atoms with Gasteiger partial charge in [0.25, 0.3) is 5.91 Å². The Morgan fingerprint density at radius 3 is 3.06 bits per heavy atom. The second kappa shape index (κ2) is 4.29. The number of carbonyl (C=O) groups is 1. The Bertz CT molecular complexity index is 585. The van der Waals surface area contributed by atoms with Crippen molar-refractivity contribution in [3.8, 4) is 0 Å². The summed E-state index contributed by atoms with van der Waals surface area (Å²) in [5.41, 5.74) is 8.32. The van der Waals surface area contributed by atoms with Crippen LogP contribution in [0.25, 0.3) is 10.9 Å². The van der Waals surface area contributed by atoms with Crippen LogP contribution in [0, 0.1) is 0 Å². The summed E-state index contributed by atoms with van der Waals surface area (Å²) in [6.07, 6.45) is 0. The van der Waals surface area contributed by atoms with Crippen molar-refractivity contribution >= 4 is 22.5 Å². The lowest BCUT2D eigenvalue weighted by Crippen LogP contribution is -2.25. The standard InChI is InChI=1S/C12H14N4O/c1-7(2)6-14-12(17)11-9-5-8(13)3-4-10(9)15-16-11/h3-5H,1,6,13H2,2H3,(H,14,17)(H,15,16). The third-order valence-electron chi connectivity index (χ3n) is 2.35. The maximum absolute atomic E-state index is 11.9. The summed E-state index contributed by atoms with van der Waals surface area (Å²) in [4.78, 5) is 11.9. The Morgan fingerprint density at radius 2 is 2.35 bits per heavy atom. The fourth-order valence-electron chi connectivity index (χ4n) is 1.52. The molecule has 1 aromatic heterocycles. The number of nitrogens with zero attached hydrogens (tertiary/aromatic N) is 1. The Morgan fingerprint density at radius 1 is 1.59 bits per heavy atom. The van der Waals surface area contributed by atoms with E-state index in [0.29, 0.717) is 17.9 Å². The number of amides is 1. The number of H-pyrrole nitrogens is 1. The van der Waals surface area contributed by atoms with E-state index in [1.165, 1.54) is 0 Å². The molecule has 0 unspecified atom stereocenters. The van der Waals surface area contributed by atoms with Gasteiger partial charge in [0.15, 0.2) is 5.69 Å². The van der Waals surface area contributed by atoms with E-state index in [9.17, 15) is 4.79 Å². The molecule has 88 valence electrons. The number of fused-ring (bicyclic) bond motifs is 1. The van der Waals surface area contributed by atoms with Gasteiger partial charge in [-0.1, -0.05) is 12.2 Å². The fourth-order valence-corrected chi connectivity index (χ4v) is 1.52. The third-order valence-corrected chi connectivity index (χ3v) is 2.35. The first-order valence-electron chi connectivity index (χ1n) is 5.24. The third kappa shape index (κ3) is 2.28. The molecule has 0 fully saturated rings. The molecule has 2 aromatic rings. The molecule has 1 aromatic carbocycles. The SMILES string of the molecule is C=C(C)CNC(=O)c1n[nH]c2ccc(N)cc12. The topological polar surface area (TPSA) is 83.8 Å². The van der Waals surface area contributed by atoms with Gasteiger partial charge in [0, 0.05) is 17.6 Å². The second-order valence-electron chi connectivity index (χ2n) is 4.02. The number of aromatic amines is 1. The van der Waals surface area contributed by atoms with Crippen LogP contribution in [0.15, 0.2) is 30.4 Å². The number of nitrogens with one attached hydrogen (secondary N) is 2. The molecule has 1 amide bonds. The molecule has 0 saturated heterocycles. The maximum Gasteiger partial charge on any atom is 0.272 e. The highest BCUT2D eigenvalue weighted by molar-refractivity contribution is 6.05. The highest BCUT2D eigenvalue weighted by Gasteiger charge is 2.13. The van der Waals surface area contributed by atoms with Gasteiger partial charge >= 0.3 is 0 Å². The van der Waals surface area contributed by atoms with E-state index in [2.05, 4.69) is 22.1 Å². The number of anilines is 1. The van der Waals surface area contributed by atoms with E-state index in [4.69, 9.17) is 5.73 Å². The highest BCUT2D eigenvalue weighted by atomic mass is 16.1. The summed E-state index contributed by atoms with van der Waals surface area (Å²) in [7, 11) is 0. The quantitative estimate of drug-likeness (QED) is 0.551. The molecule has 4 N–H and O–H groups in total. The minimum atomic E-state index is -0.232.